The quantitative estimate of drug-likeness (QED) is 0.364. The molecule has 0 spiro atoms. The van der Waals surface area contributed by atoms with Crippen molar-refractivity contribution in [2.75, 3.05) is 11.9 Å². The molecule has 0 radical (unpaired) electrons. The highest BCUT2D eigenvalue weighted by molar-refractivity contribution is 7.89. The van der Waals surface area contributed by atoms with Gasteiger partial charge in [0.2, 0.25) is 10.0 Å². The van der Waals surface area contributed by atoms with Gasteiger partial charge in [-0.1, -0.05) is 30.6 Å². The summed E-state index contributed by atoms with van der Waals surface area (Å²) in [6, 6.07) is 11.7. The van der Waals surface area contributed by atoms with Crippen molar-refractivity contribution in [3.05, 3.63) is 59.1 Å². The van der Waals surface area contributed by atoms with Crippen LogP contribution in [0.1, 0.15) is 35.8 Å². The summed E-state index contributed by atoms with van der Waals surface area (Å²) in [7, 11) is -3.66. The number of amides is 1. The molecule has 2 N–H and O–H groups in total. The molecule has 166 valence electrons. The molecule has 0 saturated carbocycles. The van der Waals surface area contributed by atoms with Crippen LogP contribution in [0, 0.1) is 6.92 Å². The molecule has 0 bridgehead atoms. The fraction of sp³-hybridized carbons (Fsp3) is 0.227. The van der Waals surface area contributed by atoms with E-state index in [1.807, 2.05) is 24.4 Å². The smallest absolute Gasteiger partial charge is 0.259 e. The van der Waals surface area contributed by atoms with E-state index in [4.69, 9.17) is 4.52 Å². The number of pyridine rings is 1. The largest absolute Gasteiger partial charge is 0.335 e. The van der Waals surface area contributed by atoms with E-state index in [-0.39, 0.29) is 10.6 Å². The number of hydrogen-bond donors (Lipinski definition) is 2. The van der Waals surface area contributed by atoms with E-state index in [0.29, 0.717) is 34.6 Å². The van der Waals surface area contributed by atoms with Crippen LogP contribution >= 0.6 is 11.3 Å². The molecule has 3 aromatic heterocycles. The van der Waals surface area contributed by atoms with Crippen molar-refractivity contribution in [2.24, 2.45) is 0 Å². The van der Waals surface area contributed by atoms with Crippen molar-refractivity contribution in [3.8, 4) is 10.6 Å². The summed E-state index contributed by atoms with van der Waals surface area (Å²) in [6.07, 6.45) is 1.63. The first kappa shape index (κ1) is 22.1. The Hall–Kier alpha value is -3.08. The van der Waals surface area contributed by atoms with Crippen molar-refractivity contribution in [1.29, 1.82) is 0 Å². The van der Waals surface area contributed by atoms with Gasteiger partial charge in [-0.3, -0.25) is 4.79 Å². The minimum Gasteiger partial charge on any atom is -0.335 e. The Morgan fingerprint density at radius 1 is 1.19 bits per heavy atom. The van der Waals surface area contributed by atoms with Gasteiger partial charge in [0.05, 0.1) is 32.1 Å². The highest BCUT2D eigenvalue weighted by atomic mass is 32.2. The molecule has 1 aromatic carbocycles. The number of sulfonamides is 1. The number of nitrogens with zero attached hydrogens (tertiary/aromatic N) is 2. The topological polar surface area (TPSA) is 114 Å². The average molecular weight is 471 g/mol. The van der Waals surface area contributed by atoms with Crippen LogP contribution in [-0.4, -0.2) is 31.0 Å². The van der Waals surface area contributed by atoms with Gasteiger partial charge in [-0.15, -0.1) is 11.3 Å². The van der Waals surface area contributed by atoms with Gasteiger partial charge in [0.25, 0.3) is 11.6 Å². The maximum absolute atomic E-state index is 13.2. The first-order chi connectivity index (χ1) is 15.4. The first-order valence-electron chi connectivity index (χ1n) is 10.1. The van der Waals surface area contributed by atoms with Gasteiger partial charge in [0.1, 0.15) is 0 Å². The molecular weight excluding hydrogens is 448 g/mol. The SMILES string of the molecule is CCCCNS(=O)(=O)c1cccc(NC(=O)c2cc(-c3cccs3)nc3onc(C)c23)c1. The Morgan fingerprint density at radius 3 is 2.78 bits per heavy atom. The lowest BCUT2D eigenvalue weighted by molar-refractivity contribution is 0.102. The van der Waals surface area contributed by atoms with Gasteiger partial charge >= 0.3 is 0 Å². The zero-order valence-corrected chi connectivity index (χ0v) is 19.2. The number of carbonyl (C=O) groups is 1. The second kappa shape index (κ2) is 9.19. The maximum Gasteiger partial charge on any atom is 0.259 e. The lowest BCUT2D eigenvalue weighted by Gasteiger charge is -2.10. The summed E-state index contributed by atoms with van der Waals surface area (Å²) in [5.74, 6) is -0.407. The van der Waals surface area contributed by atoms with Crippen molar-refractivity contribution < 1.29 is 17.7 Å². The fourth-order valence-electron chi connectivity index (χ4n) is 3.23. The highest BCUT2D eigenvalue weighted by Gasteiger charge is 2.21. The molecule has 0 atom stereocenters. The maximum atomic E-state index is 13.2. The average Bonchev–Trinajstić information content (AvgIpc) is 3.44. The predicted octanol–water partition coefficient (Wildman–Crippen LogP) is 4.59. The highest BCUT2D eigenvalue weighted by Crippen LogP contribution is 2.30. The monoisotopic (exact) mass is 470 g/mol. The van der Waals surface area contributed by atoms with Crippen molar-refractivity contribution in [3.63, 3.8) is 0 Å². The van der Waals surface area contributed by atoms with Crippen molar-refractivity contribution in [2.45, 2.75) is 31.6 Å². The van der Waals surface area contributed by atoms with Crippen LogP contribution in [0.15, 0.2) is 57.3 Å². The zero-order valence-electron chi connectivity index (χ0n) is 17.6. The molecule has 4 aromatic rings. The fourth-order valence-corrected chi connectivity index (χ4v) is 5.04. The Labute approximate surface area is 189 Å². The zero-order chi connectivity index (χ0) is 22.7. The molecule has 1 amide bonds. The Morgan fingerprint density at radius 2 is 2.03 bits per heavy atom. The van der Waals surface area contributed by atoms with Crippen molar-refractivity contribution >= 4 is 44.1 Å². The van der Waals surface area contributed by atoms with E-state index in [1.54, 1.807) is 25.1 Å². The number of fused-ring (bicyclic) bond motifs is 1. The summed E-state index contributed by atoms with van der Waals surface area (Å²) in [4.78, 5) is 18.7. The van der Waals surface area contributed by atoms with Crippen LogP contribution in [0.3, 0.4) is 0 Å². The van der Waals surface area contributed by atoms with Crippen LogP contribution < -0.4 is 10.0 Å². The van der Waals surface area contributed by atoms with E-state index in [1.165, 1.54) is 23.5 Å². The third-order valence-corrected chi connectivity index (χ3v) is 7.21. The first-order valence-corrected chi connectivity index (χ1v) is 12.5. The molecule has 0 fully saturated rings. The molecule has 0 aliphatic carbocycles. The lowest BCUT2D eigenvalue weighted by Crippen LogP contribution is -2.24. The standard InChI is InChI=1S/C22H22N4O4S2/c1-3-4-10-23-32(28,29)16-8-5-7-15(12-16)24-21(27)17-13-18(19-9-6-11-31-19)25-22-20(17)14(2)26-30-22/h5-9,11-13,23H,3-4,10H2,1-2H3,(H,24,27). The third-order valence-electron chi connectivity index (χ3n) is 4.86. The number of aryl methyl sites for hydroxylation is 1. The van der Waals surface area contributed by atoms with Crippen LogP contribution in [0.2, 0.25) is 0 Å². The molecule has 0 unspecified atom stereocenters. The number of thiophene rings is 1. The lowest BCUT2D eigenvalue weighted by atomic mass is 10.1. The van der Waals surface area contributed by atoms with Crippen LogP contribution in [-0.2, 0) is 10.0 Å². The van der Waals surface area contributed by atoms with Gasteiger partial charge in [-0.25, -0.2) is 18.1 Å². The number of anilines is 1. The second-order valence-electron chi connectivity index (χ2n) is 7.21. The number of hydrogen-bond acceptors (Lipinski definition) is 7. The molecule has 8 nitrogen and oxygen atoms in total. The molecule has 4 rings (SSSR count). The molecular formula is C22H22N4O4S2. The number of carbonyl (C=O) groups excluding carboxylic acids is 1. The minimum absolute atomic E-state index is 0.0895. The third kappa shape index (κ3) is 4.57. The van der Waals surface area contributed by atoms with Gasteiger partial charge in [-0.05, 0) is 49.1 Å². The molecule has 10 heteroatoms. The Balaban J connectivity index is 1.66. The van der Waals surface area contributed by atoms with Gasteiger partial charge in [0.15, 0.2) is 0 Å². The summed E-state index contributed by atoms with van der Waals surface area (Å²) in [5.41, 5.74) is 2.14. The minimum atomic E-state index is -3.66. The Bertz CT molecular complexity index is 1360. The summed E-state index contributed by atoms with van der Waals surface area (Å²) in [6.45, 7) is 4.09. The van der Waals surface area contributed by atoms with Crippen LogP contribution in [0.25, 0.3) is 21.7 Å². The summed E-state index contributed by atoms with van der Waals surface area (Å²) < 4.78 is 32.9. The van der Waals surface area contributed by atoms with E-state index in [2.05, 4.69) is 20.2 Å². The summed E-state index contributed by atoms with van der Waals surface area (Å²) in [5, 5.41) is 9.19. The second-order valence-corrected chi connectivity index (χ2v) is 9.93. The number of nitrogens with one attached hydrogen (secondary N) is 2. The molecule has 0 aliphatic heterocycles. The molecule has 0 aliphatic rings. The van der Waals surface area contributed by atoms with Crippen LogP contribution in [0.4, 0.5) is 5.69 Å². The number of rotatable bonds is 8. The van der Waals surface area contributed by atoms with Gasteiger partial charge in [0, 0.05) is 12.2 Å². The molecule has 0 saturated heterocycles. The molecule has 3 heterocycles. The molecule has 32 heavy (non-hydrogen) atoms. The normalized spacial score (nSPS) is 11.7. The summed E-state index contributed by atoms with van der Waals surface area (Å²) >= 11 is 1.50. The number of unbranched alkanes of at least 4 members (excludes halogenated alkanes) is 1. The van der Waals surface area contributed by atoms with E-state index in [9.17, 15) is 13.2 Å². The number of benzene rings is 1. The Kier molecular flexibility index (Phi) is 6.35. The predicted molar refractivity (Wildman–Crippen MR) is 124 cm³/mol. The number of aromatic nitrogens is 2. The van der Waals surface area contributed by atoms with Crippen LogP contribution in [0.5, 0.6) is 0 Å². The van der Waals surface area contributed by atoms with E-state index in [0.717, 1.165) is 17.7 Å². The van der Waals surface area contributed by atoms with E-state index >= 15 is 0 Å². The van der Waals surface area contributed by atoms with Crippen molar-refractivity contribution in [1.82, 2.24) is 14.9 Å². The van der Waals surface area contributed by atoms with E-state index < -0.39 is 15.9 Å². The van der Waals surface area contributed by atoms with Gasteiger partial charge < -0.3 is 9.84 Å². The van der Waals surface area contributed by atoms with Gasteiger partial charge in [-0.2, -0.15) is 0 Å².